The number of H-pyrrole nitrogens is 2. The Morgan fingerprint density at radius 2 is 1.41 bits per heavy atom. The van der Waals surface area contributed by atoms with E-state index in [4.69, 9.17) is 24.6 Å². The maximum atomic E-state index is 7.32. The standard InChI is InChI=1S/C11H9N5.C2H3N.2ClH.Ru/c1-2-8(10-4-6-12-15-10)14-9(3-1)11-5-7-13-16-11;1-2-3;;;/h1-7H,(H,12,15)(H,13,16);1H3;2*1H;/q;;;;+2/p-2. The molecule has 0 atom stereocenters. The number of nitriles is 1. The van der Waals surface area contributed by atoms with Crippen LogP contribution in [0, 0.1) is 11.3 Å². The van der Waals surface area contributed by atoms with Crippen molar-refractivity contribution in [2.24, 2.45) is 0 Å². The average Bonchev–Trinajstić information content (AvgIpc) is 3.23. The molecule has 0 bridgehead atoms. The molecule has 0 fully saturated rings. The minimum absolute atomic E-state index is 0.346. The third-order valence-corrected chi connectivity index (χ3v) is 2.30. The van der Waals surface area contributed by atoms with Crippen LogP contribution < -0.4 is 0 Å². The van der Waals surface area contributed by atoms with Crippen molar-refractivity contribution in [3.8, 4) is 28.8 Å². The zero-order valence-corrected chi connectivity index (χ0v) is 14.7. The Labute approximate surface area is 143 Å². The van der Waals surface area contributed by atoms with Crippen LogP contribution in [0.4, 0.5) is 0 Å². The third-order valence-electron chi connectivity index (χ3n) is 2.30. The Morgan fingerprint density at radius 3 is 1.73 bits per heavy atom. The molecule has 0 spiro atoms. The van der Waals surface area contributed by atoms with E-state index in [2.05, 4.69) is 25.4 Å². The van der Waals surface area contributed by atoms with Crippen molar-refractivity contribution in [3.05, 3.63) is 42.7 Å². The van der Waals surface area contributed by atoms with E-state index < -0.39 is 0 Å². The second-order valence-electron chi connectivity index (χ2n) is 3.62. The van der Waals surface area contributed by atoms with Gasteiger partial charge in [0.1, 0.15) is 0 Å². The summed E-state index contributed by atoms with van der Waals surface area (Å²) in [6, 6.07) is 11.4. The number of aromatic nitrogens is 5. The molecule has 0 aliphatic carbocycles. The van der Waals surface area contributed by atoms with Crippen LogP contribution in [-0.4, -0.2) is 25.4 Å². The van der Waals surface area contributed by atoms with E-state index in [1.165, 1.54) is 6.92 Å². The minimum Gasteiger partial charge on any atom is -0.276 e. The van der Waals surface area contributed by atoms with E-state index in [1.807, 2.05) is 30.3 Å². The summed E-state index contributed by atoms with van der Waals surface area (Å²) >= 11 is -0.346. The van der Waals surface area contributed by atoms with Crippen LogP contribution in [0.5, 0.6) is 0 Å². The van der Waals surface area contributed by atoms with Crippen LogP contribution >= 0.6 is 19.4 Å². The molecule has 0 radical (unpaired) electrons. The van der Waals surface area contributed by atoms with E-state index in [-0.39, 0.29) is 15.1 Å². The summed E-state index contributed by atoms with van der Waals surface area (Å²) < 4.78 is 0. The van der Waals surface area contributed by atoms with Crippen LogP contribution in [-0.2, 0) is 15.1 Å². The van der Waals surface area contributed by atoms with Crippen molar-refractivity contribution >= 4 is 19.4 Å². The first kappa shape index (κ1) is 18.3. The van der Waals surface area contributed by atoms with Gasteiger partial charge in [0.05, 0.1) is 28.8 Å². The Bertz CT molecular complexity index is 629. The topological polar surface area (TPSA) is 94.0 Å². The van der Waals surface area contributed by atoms with Gasteiger partial charge >= 0.3 is 34.5 Å². The average molecular weight is 424 g/mol. The molecule has 0 aliphatic rings. The molecule has 9 heteroatoms. The fraction of sp³-hybridized carbons (Fsp3) is 0.0769. The number of hydrogen-bond donors (Lipinski definition) is 2. The summed E-state index contributed by atoms with van der Waals surface area (Å²) in [6.07, 6.45) is 3.42. The first-order valence-corrected chi connectivity index (χ1v) is 10.4. The van der Waals surface area contributed by atoms with Gasteiger partial charge in [0.25, 0.3) is 0 Å². The molecule has 3 aromatic rings. The quantitative estimate of drug-likeness (QED) is 0.613. The predicted octanol–water partition coefficient (Wildman–Crippen LogP) is 3.77. The summed E-state index contributed by atoms with van der Waals surface area (Å²) in [4.78, 5) is 4.52. The van der Waals surface area contributed by atoms with Crippen molar-refractivity contribution in [3.63, 3.8) is 0 Å². The van der Waals surface area contributed by atoms with Crippen LogP contribution in [0.2, 0.25) is 0 Å². The van der Waals surface area contributed by atoms with Crippen LogP contribution in [0.15, 0.2) is 42.7 Å². The maximum Gasteiger partial charge on any atom is 0.0888 e. The maximum absolute atomic E-state index is 7.32. The Balaban J connectivity index is 0.000000353. The second-order valence-corrected chi connectivity index (χ2v) is 6.26. The summed E-state index contributed by atoms with van der Waals surface area (Å²) in [5.74, 6) is 0. The van der Waals surface area contributed by atoms with Gasteiger partial charge in [-0.1, -0.05) is 6.07 Å². The zero-order chi connectivity index (χ0) is 16.2. The van der Waals surface area contributed by atoms with Gasteiger partial charge in [-0.25, -0.2) is 4.98 Å². The molecule has 0 amide bonds. The van der Waals surface area contributed by atoms with Crippen molar-refractivity contribution in [1.82, 2.24) is 25.4 Å². The number of aromatic amines is 2. The van der Waals surface area contributed by atoms with E-state index in [0.717, 1.165) is 22.8 Å². The van der Waals surface area contributed by atoms with Crippen molar-refractivity contribution in [2.75, 3.05) is 0 Å². The van der Waals surface area contributed by atoms with E-state index >= 15 is 0 Å². The largest absolute Gasteiger partial charge is 0.276 e. The van der Waals surface area contributed by atoms with Crippen molar-refractivity contribution in [2.45, 2.75) is 6.92 Å². The molecule has 116 valence electrons. The fourth-order valence-electron chi connectivity index (χ4n) is 1.53. The first-order valence-electron chi connectivity index (χ1n) is 5.89. The molecular weight excluding hydrogens is 412 g/mol. The number of pyridine rings is 1. The summed E-state index contributed by atoms with van der Waals surface area (Å²) in [7, 11) is 9.71. The van der Waals surface area contributed by atoms with Gasteiger partial charge in [0, 0.05) is 19.3 Å². The summed E-state index contributed by atoms with van der Waals surface area (Å²) in [5, 5.41) is 20.9. The zero-order valence-electron chi connectivity index (χ0n) is 11.4. The van der Waals surface area contributed by atoms with Gasteiger partial charge < -0.3 is 0 Å². The van der Waals surface area contributed by atoms with Gasteiger partial charge in [-0.15, -0.1) is 0 Å². The molecular formula is C13H12Cl2N6Ru. The molecule has 6 nitrogen and oxygen atoms in total. The van der Waals surface area contributed by atoms with Gasteiger partial charge in [-0.2, -0.15) is 15.5 Å². The fourth-order valence-corrected chi connectivity index (χ4v) is 1.53. The Kier molecular flexibility index (Phi) is 9.08. The molecule has 3 rings (SSSR count). The molecule has 0 saturated carbocycles. The molecule has 0 aromatic carbocycles. The second kappa shape index (κ2) is 10.9. The minimum atomic E-state index is -0.346. The van der Waals surface area contributed by atoms with Gasteiger partial charge in [-0.05, 0) is 24.3 Å². The molecule has 2 N–H and O–H groups in total. The number of halogens is 2. The predicted molar refractivity (Wildman–Crippen MR) is 82.4 cm³/mol. The van der Waals surface area contributed by atoms with Gasteiger partial charge in [0.2, 0.25) is 0 Å². The van der Waals surface area contributed by atoms with Crippen molar-refractivity contribution in [1.29, 1.82) is 5.26 Å². The van der Waals surface area contributed by atoms with Crippen LogP contribution in [0.3, 0.4) is 0 Å². The molecule has 0 saturated heterocycles. The first-order chi connectivity index (χ1) is 10.8. The number of rotatable bonds is 2. The van der Waals surface area contributed by atoms with E-state index in [9.17, 15) is 0 Å². The summed E-state index contributed by atoms with van der Waals surface area (Å²) in [5.41, 5.74) is 3.54. The summed E-state index contributed by atoms with van der Waals surface area (Å²) in [6.45, 7) is 1.43. The molecule has 0 unspecified atom stereocenters. The van der Waals surface area contributed by atoms with E-state index in [1.54, 1.807) is 18.5 Å². The molecule has 0 aliphatic heterocycles. The Hall–Kier alpha value is -1.74. The SMILES string of the molecule is CC#N.[Cl][Ru][Cl].c1cc(-c2ccn[nH]2)nc(-c2ccn[nH]2)c1. The molecule has 22 heavy (non-hydrogen) atoms. The smallest absolute Gasteiger partial charge is 0.0888 e. The van der Waals surface area contributed by atoms with E-state index in [0.29, 0.717) is 0 Å². The van der Waals surface area contributed by atoms with Gasteiger partial charge in [0.15, 0.2) is 0 Å². The monoisotopic (exact) mass is 424 g/mol. The molecule has 3 aromatic heterocycles. The normalized spacial score (nSPS) is 9.00. The third kappa shape index (κ3) is 5.94. The van der Waals surface area contributed by atoms with Gasteiger partial charge in [-0.3, -0.25) is 10.2 Å². The number of nitrogens with one attached hydrogen (secondary N) is 2. The number of hydrogen-bond acceptors (Lipinski definition) is 4. The van der Waals surface area contributed by atoms with Crippen LogP contribution in [0.1, 0.15) is 6.92 Å². The number of nitrogens with zero attached hydrogens (tertiary/aromatic N) is 4. The molecule has 3 heterocycles. The van der Waals surface area contributed by atoms with Crippen molar-refractivity contribution < 1.29 is 15.1 Å². The van der Waals surface area contributed by atoms with Crippen LogP contribution in [0.25, 0.3) is 22.8 Å². The Morgan fingerprint density at radius 1 is 1.00 bits per heavy atom.